The van der Waals surface area contributed by atoms with Crippen molar-refractivity contribution in [2.45, 2.75) is 18.9 Å². The summed E-state index contributed by atoms with van der Waals surface area (Å²) in [7, 11) is 0. The number of fused-ring (bicyclic) bond motifs is 4. The lowest BCUT2D eigenvalue weighted by Crippen LogP contribution is -2.47. The topological polar surface area (TPSA) is 83.4 Å². The van der Waals surface area contributed by atoms with Crippen LogP contribution in [0.4, 0.5) is 21.5 Å². The number of aromatic nitrogens is 1. The highest BCUT2D eigenvalue weighted by Gasteiger charge is 2.35. The summed E-state index contributed by atoms with van der Waals surface area (Å²) in [5.41, 5.74) is 3.57. The Morgan fingerprint density at radius 1 is 0.829 bits per heavy atom. The van der Waals surface area contributed by atoms with Crippen molar-refractivity contribution in [1.29, 1.82) is 0 Å². The lowest BCUT2D eigenvalue weighted by atomic mass is 9.83. The van der Waals surface area contributed by atoms with Gasteiger partial charge in [-0.05, 0) is 60.4 Å². The van der Waals surface area contributed by atoms with E-state index in [4.69, 9.17) is 0 Å². The van der Waals surface area contributed by atoms with Crippen LogP contribution in [0.1, 0.15) is 34.0 Å². The van der Waals surface area contributed by atoms with Gasteiger partial charge in [-0.15, -0.1) is 0 Å². The summed E-state index contributed by atoms with van der Waals surface area (Å²) in [6, 6.07) is 26.0. The molecule has 2 aliphatic heterocycles. The number of benzene rings is 3. The second kappa shape index (κ2) is 11.3. The molecular formula is C33H29FN4O3. The number of amides is 2. The fraction of sp³-hybridized carbons (Fsp3) is 0.182. The van der Waals surface area contributed by atoms with E-state index in [1.807, 2.05) is 47.0 Å². The average Bonchev–Trinajstić information content (AvgIpc) is 2.98. The van der Waals surface area contributed by atoms with E-state index in [1.165, 1.54) is 18.2 Å². The van der Waals surface area contributed by atoms with E-state index in [0.29, 0.717) is 25.3 Å². The molecule has 2 bridgehead atoms. The lowest BCUT2D eigenvalue weighted by molar-refractivity contribution is -0.111. The van der Waals surface area contributed by atoms with E-state index in [-0.39, 0.29) is 34.6 Å². The minimum Gasteiger partial charge on any atom is -0.369 e. The van der Waals surface area contributed by atoms with Gasteiger partial charge in [0.25, 0.3) is 11.5 Å². The van der Waals surface area contributed by atoms with Gasteiger partial charge in [0.15, 0.2) is 0 Å². The highest BCUT2D eigenvalue weighted by molar-refractivity contribution is 6.08. The number of carbonyl (C=O) groups is 2. The summed E-state index contributed by atoms with van der Waals surface area (Å²) in [6.07, 6.45) is 4.17. The van der Waals surface area contributed by atoms with Crippen molar-refractivity contribution in [3.8, 4) is 0 Å². The van der Waals surface area contributed by atoms with Crippen LogP contribution in [-0.4, -0.2) is 29.5 Å². The van der Waals surface area contributed by atoms with E-state index in [9.17, 15) is 18.8 Å². The zero-order chi connectivity index (χ0) is 28.3. The molecule has 8 heteroatoms. The van der Waals surface area contributed by atoms with Gasteiger partial charge in [0.05, 0.1) is 17.1 Å². The van der Waals surface area contributed by atoms with Gasteiger partial charge in [-0.1, -0.05) is 48.5 Å². The van der Waals surface area contributed by atoms with Crippen molar-refractivity contribution in [2.24, 2.45) is 5.92 Å². The number of carbonyl (C=O) groups excluding carboxylic acids is 2. The quantitative estimate of drug-likeness (QED) is 0.311. The summed E-state index contributed by atoms with van der Waals surface area (Å²) in [4.78, 5) is 40.8. The predicted molar refractivity (Wildman–Crippen MR) is 159 cm³/mol. The first-order valence-corrected chi connectivity index (χ1v) is 13.6. The molecule has 2 N–H and O–H groups in total. The molecule has 2 atom stereocenters. The van der Waals surface area contributed by atoms with Crippen LogP contribution < -0.4 is 21.1 Å². The third kappa shape index (κ3) is 5.68. The number of pyridine rings is 1. The van der Waals surface area contributed by atoms with E-state index >= 15 is 0 Å². The standard InChI is InChI=1S/C33H29FN4O3/c34-26-9-4-5-10-27(26)36-33(41)24-14-15-30(28(18-24)35-31(39)16-13-22-7-2-1-3-8-22)37-19-23-17-25(21-37)29-11-6-12-32(40)38(29)20-23/h1-16,18,23,25H,17,19-21H2,(H,35,39)(H,36,41)/b16-13+/t23-,25+/m1/s1. The van der Waals surface area contributed by atoms with E-state index in [2.05, 4.69) is 15.5 Å². The van der Waals surface area contributed by atoms with Crippen LogP contribution >= 0.6 is 0 Å². The molecule has 1 fully saturated rings. The van der Waals surface area contributed by atoms with Crippen molar-refractivity contribution in [2.75, 3.05) is 28.6 Å². The minimum atomic E-state index is -0.531. The molecule has 0 spiro atoms. The highest BCUT2D eigenvalue weighted by Crippen LogP contribution is 2.39. The van der Waals surface area contributed by atoms with Crippen molar-refractivity contribution < 1.29 is 14.0 Å². The number of nitrogens with zero attached hydrogens (tertiary/aromatic N) is 2. The molecule has 1 saturated heterocycles. The third-order valence-corrected chi connectivity index (χ3v) is 7.69. The molecule has 41 heavy (non-hydrogen) atoms. The molecule has 3 aromatic carbocycles. The Hall–Kier alpha value is -4.98. The van der Waals surface area contributed by atoms with E-state index < -0.39 is 11.7 Å². The number of piperidine rings is 1. The predicted octanol–water partition coefficient (Wildman–Crippen LogP) is 5.52. The van der Waals surface area contributed by atoms with Gasteiger partial charge in [0.1, 0.15) is 5.82 Å². The summed E-state index contributed by atoms with van der Waals surface area (Å²) >= 11 is 0. The van der Waals surface area contributed by atoms with Crippen molar-refractivity contribution in [3.05, 3.63) is 130 Å². The molecule has 206 valence electrons. The molecule has 6 rings (SSSR count). The van der Waals surface area contributed by atoms with Gasteiger partial charge in [0.2, 0.25) is 5.91 Å². The molecule has 3 heterocycles. The molecule has 0 aliphatic carbocycles. The molecule has 4 aromatic rings. The van der Waals surface area contributed by atoms with E-state index in [1.54, 1.807) is 42.5 Å². The minimum absolute atomic E-state index is 0.0222. The van der Waals surface area contributed by atoms with Gasteiger partial charge in [-0.2, -0.15) is 0 Å². The monoisotopic (exact) mass is 548 g/mol. The SMILES string of the molecule is O=C(/C=C/c1ccccc1)Nc1cc(C(=O)Nc2ccccc2F)ccc1N1C[C@H]2C[C@@H](C1)c1cccc(=O)n1C2. The van der Waals surface area contributed by atoms with Gasteiger partial charge in [-0.3, -0.25) is 14.4 Å². The van der Waals surface area contributed by atoms with Gasteiger partial charge < -0.3 is 20.1 Å². The normalized spacial score (nSPS) is 17.6. The molecule has 0 saturated carbocycles. The van der Waals surface area contributed by atoms with Gasteiger partial charge in [-0.25, -0.2) is 4.39 Å². The second-order valence-corrected chi connectivity index (χ2v) is 10.5. The van der Waals surface area contributed by atoms with Crippen molar-refractivity contribution >= 4 is 35.0 Å². The molecular weight excluding hydrogens is 519 g/mol. The number of rotatable bonds is 6. The Morgan fingerprint density at radius 3 is 2.46 bits per heavy atom. The maximum atomic E-state index is 14.2. The van der Waals surface area contributed by atoms with Crippen LogP contribution in [0.15, 0.2) is 102 Å². The van der Waals surface area contributed by atoms with E-state index in [0.717, 1.165) is 23.4 Å². The Morgan fingerprint density at radius 2 is 1.63 bits per heavy atom. The molecule has 1 aromatic heterocycles. The third-order valence-electron chi connectivity index (χ3n) is 7.69. The number of para-hydroxylation sites is 1. The van der Waals surface area contributed by atoms with Crippen LogP contribution in [0, 0.1) is 11.7 Å². The number of hydrogen-bond donors (Lipinski definition) is 2. The number of hydrogen-bond acceptors (Lipinski definition) is 4. The summed E-state index contributed by atoms with van der Waals surface area (Å²) in [5.74, 6) is -0.915. The van der Waals surface area contributed by atoms with Crippen molar-refractivity contribution in [1.82, 2.24) is 4.57 Å². The smallest absolute Gasteiger partial charge is 0.255 e. The van der Waals surface area contributed by atoms with Crippen molar-refractivity contribution in [3.63, 3.8) is 0 Å². The molecule has 0 radical (unpaired) electrons. The second-order valence-electron chi connectivity index (χ2n) is 10.5. The first kappa shape index (κ1) is 26.3. The fourth-order valence-electron chi connectivity index (χ4n) is 5.81. The largest absolute Gasteiger partial charge is 0.369 e. The van der Waals surface area contributed by atoms with Crippen LogP contribution in [0.2, 0.25) is 0 Å². The summed E-state index contributed by atoms with van der Waals surface area (Å²) < 4.78 is 16.1. The number of halogens is 1. The van der Waals surface area contributed by atoms with Crippen LogP contribution in [-0.2, 0) is 11.3 Å². The fourth-order valence-corrected chi connectivity index (χ4v) is 5.81. The first-order valence-electron chi connectivity index (χ1n) is 13.6. The Bertz CT molecular complexity index is 1700. The maximum absolute atomic E-state index is 14.2. The molecule has 2 aliphatic rings. The molecule has 0 unspecified atom stereocenters. The van der Waals surface area contributed by atoms with Gasteiger partial charge >= 0.3 is 0 Å². The zero-order valence-corrected chi connectivity index (χ0v) is 22.3. The first-order chi connectivity index (χ1) is 19.9. The summed E-state index contributed by atoms with van der Waals surface area (Å²) in [5, 5.41) is 5.58. The Kier molecular flexibility index (Phi) is 7.20. The van der Waals surface area contributed by atoms with Crippen LogP contribution in [0.3, 0.4) is 0 Å². The van der Waals surface area contributed by atoms with Crippen LogP contribution in [0.25, 0.3) is 6.08 Å². The Labute approximate surface area is 236 Å². The molecule has 7 nitrogen and oxygen atoms in total. The maximum Gasteiger partial charge on any atom is 0.255 e. The van der Waals surface area contributed by atoms with Crippen LogP contribution in [0.5, 0.6) is 0 Å². The summed E-state index contributed by atoms with van der Waals surface area (Å²) in [6.45, 7) is 2.02. The number of anilines is 3. The molecule has 2 amide bonds. The van der Waals surface area contributed by atoms with Gasteiger partial charge in [0, 0.05) is 49.0 Å². The zero-order valence-electron chi connectivity index (χ0n) is 22.3. The highest BCUT2D eigenvalue weighted by atomic mass is 19.1. The Balaban J connectivity index is 1.30. The number of nitrogens with one attached hydrogen (secondary N) is 2. The lowest BCUT2D eigenvalue weighted by Gasteiger charge is -2.44. The average molecular weight is 549 g/mol.